The molecule has 0 radical (unpaired) electrons. The quantitative estimate of drug-likeness (QED) is 0.877. The van der Waals surface area contributed by atoms with E-state index in [4.69, 9.17) is 16.3 Å². The lowest BCUT2D eigenvalue weighted by molar-refractivity contribution is -0.124. The standard InChI is InChI=1S/C15H20ClNO3/c1-10-7-12(16)5-6-14(10)20-9-15(19)17-13-4-2-3-11(13)8-18/h5-7,11,13,18H,2-4,8-9H2,1H3,(H,17,19). The normalized spacial score (nSPS) is 21.8. The van der Waals surface area contributed by atoms with Crippen molar-refractivity contribution in [2.24, 2.45) is 5.92 Å². The first-order valence-corrected chi connectivity index (χ1v) is 7.27. The average Bonchev–Trinajstić information content (AvgIpc) is 2.85. The second kappa shape index (κ2) is 6.95. The Morgan fingerprint density at radius 3 is 3.00 bits per heavy atom. The second-order valence-corrected chi connectivity index (χ2v) is 5.68. The highest BCUT2D eigenvalue weighted by Crippen LogP contribution is 2.25. The molecule has 2 unspecified atom stereocenters. The third-order valence-corrected chi connectivity index (χ3v) is 3.97. The molecule has 1 aromatic rings. The van der Waals surface area contributed by atoms with E-state index in [1.165, 1.54) is 0 Å². The van der Waals surface area contributed by atoms with Crippen molar-refractivity contribution in [3.63, 3.8) is 0 Å². The molecule has 1 fully saturated rings. The summed E-state index contributed by atoms with van der Waals surface area (Å²) in [5.41, 5.74) is 0.902. The van der Waals surface area contributed by atoms with Gasteiger partial charge in [-0.25, -0.2) is 0 Å². The van der Waals surface area contributed by atoms with E-state index >= 15 is 0 Å². The van der Waals surface area contributed by atoms with Crippen LogP contribution in [-0.2, 0) is 4.79 Å². The van der Waals surface area contributed by atoms with Crippen LogP contribution in [0.3, 0.4) is 0 Å². The lowest BCUT2D eigenvalue weighted by atomic mass is 10.1. The molecule has 2 N–H and O–H groups in total. The van der Waals surface area contributed by atoms with Crippen LogP contribution in [0.15, 0.2) is 18.2 Å². The molecule has 0 saturated heterocycles. The topological polar surface area (TPSA) is 58.6 Å². The summed E-state index contributed by atoms with van der Waals surface area (Å²) in [5.74, 6) is 0.690. The molecule has 0 heterocycles. The number of aliphatic hydroxyl groups is 1. The van der Waals surface area contributed by atoms with Gasteiger partial charge in [-0.1, -0.05) is 18.0 Å². The van der Waals surface area contributed by atoms with Gasteiger partial charge < -0.3 is 15.2 Å². The van der Waals surface area contributed by atoms with Gasteiger partial charge in [0.1, 0.15) is 5.75 Å². The van der Waals surface area contributed by atoms with Crippen LogP contribution in [-0.4, -0.2) is 30.3 Å². The van der Waals surface area contributed by atoms with E-state index in [-0.39, 0.29) is 31.1 Å². The number of amides is 1. The molecule has 0 aliphatic heterocycles. The first kappa shape index (κ1) is 15.1. The smallest absolute Gasteiger partial charge is 0.258 e. The van der Waals surface area contributed by atoms with Gasteiger partial charge in [-0.3, -0.25) is 4.79 Å². The molecule has 5 heteroatoms. The summed E-state index contributed by atoms with van der Waals surface area (Å²) < 4.78 is 5.50. The van der Waals surface area contributed by atoms with Gasteiger partial charge >= 0.3 is 0 Å². The molecule has 4 nitrogen and oxygen atoms in total. The van der Waals surface area contributed by atoms with E-state index < -0.39 is 0 Å². The Kier molecular flexibility index (Phi) is 5.26. The Morgan fingerprint density at radius 2 is 2.30 bits per heavy atom. The van der Waals surface area contributed by atoms with Crippen LogP contribution in [0.2, 0.25) is 5.02 Å². The monoisotopic (exact) mass is 297 g/mol. The van der Waals surface area contributed by atoms with Gasteiger partial charge in [0, 0.05) is 23.6 Å². The maximum atomic E-state index is 11.9. The number of rotatable bonds is 5. The lowest BCUT2D eigenvalue weighted by Crippen LogP contribution is -2.41. The van der Waals surface area contributed by atoms with Gasteiger partial charge in [0.25, 0.3) is 5.91 Å². The maximum absolute atomic E-state index is 11.9. The first-order valence-electron chi connectivity index (χ1n) is 6.89. The predicted octanol–water partition coefficient (Wildman–Crippen LogP) is 2.30. The number of benzene rings is 1. The van der Waals surface area contributed by atoms with E-state index in [0.29, 0.717) is 10.8 Å². The molecule has 2 rings (SSSR count). The average molecular weight is 298 g/mol. The summed E-state index contributed by atoms with van der Waals surface area (Å²) in [7, 11) is 0. The fourth-order valence-electron chi connectivity index (χ4n) is 2.61. The van der Waals surface area contributed by atoms with E-state index in [1.807, 2.05) is 6.92 Å². The fraction of sp³-hybridized carbons (Fsp3) is 0.533. The van der Waals surface area contributed by atoms with Gasteiger partial charge in [-0.15, -0.1) is 0 Å². The van der Waals surface area contributed by atoms with Crippen molar-refractivity contribution < 1.29 is 14.6 Å². The van der Waals surface area contributed by atoms with Crippen LogP contribution in [0.5, 0.6) is 5.75 Å². The summed E-state index contributed by atoms with van der Waals surface area (Å²) in [4.78, 5) is 11.9. The molecule has 0 aromatic heterocycles. The molecule has 0 spiro atoms. The number of carbonyl (C=O) groups is 1. The first-order chi connectivity index (χ1) is 9.60. The van der Waals surface area contributed by atoms with Crippen molar-refractivity contribution in [3.05, 3.63) is 28.8 Å². The number of hydrogen-bond donors (Lipinski definition) is 2. The number of carbonyl (C=O) groups excluding carboxylic acids is 1. The van der Waals surface area contributed by atoms with Gasteiger partial charge in [0.15, 0.2) is 6.61 Å². The van der Waals surface area contributed by atoms with Gasteiger partial charge in [0.2, 0.25) is 0 Å². The van der Waals surface area contributed by atoms with Gasteiger partial charge in [-0.05, 0) is 43.5 Å². The third kappa shape index (κ3) is 3.87. The number of halogens is 1. The Labute approximate surface area is 124 Å². The molecule has 1 aromatic carbocycles. The maximum Gasteiger partial charge on any atom is 0.258 e. The highest BCUT2D eigenvalue weighted by Gasteiger charge is 2.27. The largest absolute Gasteiger partial charge is 0.484 e. The van der Waals surface area contributed by atoms with Crippen molar-refractivity contribution in [3.8, 4) is 5.75 Å². The molecule has 1 amide bonds. The molecular formula is C15H20ClNO3. The Morgan fingerprint density at radius 1 is 1.50 bits per heavy atom. The minimum Gasteiger partial charge on any atom is -0.484 e. The zero-order chi connectivity index (χ0) is 14.5. The summed E-state index contributed by atoms with van der Waals surface area (Å²) in [6.45, 7) is 2.00. The molecule has 20 heavy (non-hydrogen) atoms. The number of aliphatic hydroxyl groups excluding tert-OH is 1. The summed E-state index contributed by atoms with van der Waals surface area (Å²) in [6, 6.07) is 5.37. The zero-order valence-electron chi connectivity index (χ0n) is 11.6. The van der Waals surface area contributed by atoms with Crippen LogP contribution in [0, 0.1) is 12.8 Å². The van der Waals surface area contributed by atoms with Gasteiger partial charge in [0.05, 0.1) is 0 Å². The number of aryl methyl sites for hydroxylation is 1. The van der Waals surface area contributed by atoms with E-state index in [2.05, 4.69) is 5.32 Å². The van der Waals surface area contributed by atoms with Crippen LogP contribution in [0.4, 0.5) is 0 Å². The molecule has 2 atom stereocenters. The Bertz CT molecular complexity index is 478. The van der Waals surface area contributed by atoms with Crippen molar-refractivity contribution in [1.29, 1.82) is 0 Å². The van der Waals surface area contributed by atoms with Crippen molar-refractivity contribution in [2.45, 2.75) is 32.2 Å². The summed E-state index contributed by atoms with van der Waals surface area (Å²) in [6.07, 6.45) is 2.95. The van der Waals surface area contributed by atoms with Crippen LogP contribution < -0.4 is 10.1 Å². The summed E-state index contributed by atoms with van der Waals surface area (Å²) in [5, 5.41) is 12.8. The lowest BCUT2D eigenvalue weighted by Gasteiger charge is -2.19. The van der Waals surface area contributed by atoms with Crippen molar-refractivity contribution in [1.82, 2.24) is 5.32 Å². The molecule has 110 valence electrons. The van der Waals surface area contributed by atoms with Crippen LogP contribution >= 0.6 is 11.6 Å². The predicted molar refractivity (Wildman–Crippen MR) is 78.0 cm³/mol. The van der Waals surface area contributed by atoms with Crippen LogP contribution in [0.25, 0.3) is 0 Å². The Balaban J connectivity index is 1.83. The zero-order valence-corrected chi connectivity index (χ0v) is 12.3. The fourth-order valence-corrected chi connectivity index (χ4v) is 2.84. The van der Waals surface area contributed by atoms with Crippen LogP contribution in [0.1, 0.15) is 24.8 Å². The van der Waals surface area contributed by atoms with Crippen molar-refractivity contribution in [2.75, 3.05) is 13.2 Å². The molecule has 0 bridgehead atoms. The van der Waals surface area contributed by atoms with E-state index in [9.17, 15) is 9.90 Å². The highest BCUT2D eigenvalue weighted by molar-refractivity contribution is 6.30. The minimum absolute atomic E-state index is 0.0167. The third-order valence-electron chi connectivity index (χ3n) is 3.74. The number of nitrogens with one attached hydrogen (secondary N) is 1. The SMILES string of the molecule is Cc1cc(Cl)ccc1OCC(=O)NC1CCCC1CO. The molecule has 1 aliphatic rings. The Hall–Kier alpha value is -1.26. The van der Waals surface area contributed by atoms with E-state index in [0.717, 1.165) is 24.8 Å². The second-order valence-electron chi connectivity index (χ2n) is 5.25. The number of ether oxygens (including phenoxy) is 1. The van der Waals surface area contributed by atoms with Gasteiger partial charge in [-0.2, -0.15) is 0 Å². The number of hydrogen-bond acceptors (Lipinski definition) is 3. The van der Waals surface area contributed by atoms with E-state index in [1.54, 1.807) is 18.2 Å². The molecular weight excluding hydrogens is 278 g/mol. The van der Waals surface area contributed by atoms with Crippen molar-refractivity contribution >= 4 is 17.5 Å². The molecule has 1 aliphatic carbocycles. The highest BCUT2D eigenvalue weighted by atomic mass is 35.5. The minimum atomic E-state index is -0.148. The summed E-state index contributed by atoms with van der Waals surface area (Å²) >= 11 is 5.87. The molecule has 1 saturated carbocycles.